The quantitative estimate of drug-likeness (QED) is 0.378. The number of carbonyl (C=O) groups excluding carboxylic acids is 2. The molecular formula is C28H32N2O7S. The maximum Gasteiger partial charge on any atom is 0.293 e. The van der Waals surface area contributed by atoms with Crippen molar-refractivity contribution in [3.05, 3.63) is 82.8 Å². The van der Waals surface area contributed by atoms with Crippen LogP contribution in [0.4, 0.5) is 0 Å². The number of carbonyl (C=O) groups is 2. The van der Waals surface area contributed by atoms with Crippen molar-refractivity contribution in [2.45, 2.75) is 43.7 Å². The average molecular weight is 541 g/mol. The lowest BCUT2D eigenvalue weighted by atomic mass is 9.93. The molecule has 3 aromatic rings. The van der Waals surface area contributed by atoms with Gasteiger partial charge in [-0.1, -0.05) is 37.3 Å². The molecule has 2 atom stereocenters. The van der Waals surface area contributed by atoms with E-state index in [4.69, 9.17) is 13.9 Å². The third-order valence-corrected chi connectivity index (χ3v) is 8.51. The van der Waals surface area contributed by atoms with Gasteiger partial charge in [0.15, 0.2) is 5.76 Å². The SMILES string of the molecule is CC[C@@H]1CN(Cc2cc(C(COC=O)c3ccc(C(=O)N(C)C)o3)ccc2C)S(=O)(=O)c2ccccc2O1. The first-order chi connectivity index (χ1) is 18.1. The number of ether oxygens (including phenoxy) is 2. The summed E-state index contributed by atoms with van der Waals surface area (Å²) in [6, 6.07) is 15.7. The van der Waals surface area contributed by atoms with Crippen LogP contribution in [-0.2, 0) is 26.1 Å². The molecule has 1 aliphatic heterocycles. The van der Waals surface area contributed by atoms with Crippen LogP contribution >= 0.6 is 0 Å². The summed E-state index contributed by atoms with van der Waals surface area (Å²) in [4.78, 5) is 24.9. The fourth-order valence-electron chi connectivity index (χ4n) is 4.43. The maximum absolute atomic E-state index is 13.6. The van der Waals surface area contributed by atoms with Gasteiger partial charge >= 0.3 is 0 Å². The normalized spacial score (nSPS) is 17.5. The highest BCUT2D eigenvalue weighted by Crippen LogP contribution is 2.34. The molecule has 9 nitrogen and oxygen atoms in total. The number of aryl methyl sites for hydroxylation is 1. The zero-order valence-electron chi connectivity index (χ0n) is 21.9. The highest BCUT2D eigenvalue weighted by atomic mass is 32.2. The van der Waals surface area contributed by atoms with Crippen molar-refractivity contribution < 1.29 is 31.9 Å². The average Bonchev–Trinajstić information content (AvgIpc) is 3.35. The van der Waals surface area contributed by atoms with Crippen molar-refractivity contribution in [3.63, 3.8) is 0 Å². The van der Waals surface area contributed by atoms with Gasteiger partial charge in [-0.2, -0.15) is 4.31 Å². The first kappa shape index (κ1) is 27.4. The Labute approximate surface area is 223 Å². The van der Waals surface area contributed by atoms with E-state index in [0.29, 0.717) is 24.4 Å². The van der Waals surface area contributed by atoms with Gasteiger partial charge in [-0.05, 0) is 54.3 Å². The molecule has 1 aliphatic rings. The number of para-hydroxylation sites is 1. The molecule has 4 rings (SSSR count). The minimum atomic E-state index is -3.81. The molecule has 0 fully saturated rings. The summed E-state index contributed by atoms with van der Waals surface area (Å²) in [5.74, 6) is 0.224. The number of hydrogen-bond donors (Lipinski definition) is 0. The fraction of sp³-hybridized carbons (Fsp3) is 0.357. The number of amides is 1. The Kier molecular flexibility index (Phi) is 8.23. The summed E-state index contributed by atoms with van der Waals surface area (Å²) in [5.41, 5.74) is 2.47. The van der Waals surface area contributed by atoms with Crippen molar-refractivity contribution in [1.29, 1.82) is 0 Å². The van der Waals surface area contributed by atoms with Crippen LogP contribution in [0.5, 0.6) is 5.75 Å². The van der Waals surface area contributed by atoms with Gasteiger partial charge in [0.05, 0.1) is 12.5 Å². The largest absolute Gasteiger partial charge is 0.488 e. The molecule has 1 unspecified atom stereocenters. The van der Waals surface area contributed by atoms with Crippen LogP contribution in [0.3, 0.4) is 0 Å². The predicted molar refractivity (Wildman–Crippen MR) is 141 cm³/mol. The number of fused-ring (bicyclic) bond motifs is 1. The molecule has 1 aromatic heterocycles. The number of nitrogens with zero attached hydrogens (tertiary/aromatic N) is 2. The lowest BCUT2D eigenvalue weighted by Crippen LogP contribution is -2.36. The van der Waals surface area contributed by atoms with E-state index in [9.17, 15) is 18.0 Å². The van der Waals surface area contributed by atoms with Crippen molar-refractivity contribution in [2.75, 3.05) is 27.2 Å². The molecule has 0 bridgehead atoms. The highest BCUT2D eigenvalue weighted by molar-refractivity contribution is 7.89. The molecule has 10 heteroatoms. The smallest absolute Gasteiger partial charge is 0.293 e. The summed E-state index contributed by atoms with van der Waals surface area (Å²) < 4.78 is 45.7. The number of rotatable bonds is 9. The molecule has 0 radical (unpaired) electrons. The number of hydrogen-bond acceptors (Lipinski definition) is 7. The lowest BCUT2D eigenvalue weighted by Gasteiger charge is -2.24. The monoisotopic (exact) mass is 540 g/mol. The van der Waals surface area contributed by atoms with Gasteiger partial charge in [-0.25, -0.2) is 8.42 Å². The Hall–Kier alpha value is -3.63. The highest BCUT2D eigenvalue weighted by Gasteiger charge is 2.34. The van der Waals surface area contributed by atoms with E-state index in [1.165, 1.54) is 9.21 Å². The molecule has 0 N–H and O–H groups in total. The van der Waals surface area contributed by atoms with Crippen molar-refractivity contribution >= 4 is 22.4 Å². The Morgan fingerprint density at radius 1 is 1.18 bits per heavy atom. The molecule has 0 aliphatic carbocycles. The lowest BCUT2D eigenvalue weighted by molar-refractivity contribution is -0.129. The van der Waals surface area contributed by atoms with Crippen molar-refractivity contribution in [2.24, 2.45) is 0 Å². The predicted octanol–water partition coefficient (Wildman–Crippen LogP) is 3.96. The second kappa shape index (κ2) is 11.4. The first-order valence-electron chi connectivity index (χ1n) is 12.4. The zero-order chi connectivity index (χ0) is 27.4. The van der Waals surface area contributed by atoms with Gasteiger partial charge in [0.2, 0.25) is 10.0 Å². The number of sulfonamides is 1. The van der Waals surface area contributed by atoms with Gasteiger partial charge in [0.1, 0.15) is 29.1 Å². The first-order valence-corrected chi connectivity index (χ1v) is 13.8. The van der Waals surface area contributed by atoms with Gasteiger partial charge < -0.3 is 18.8 Å². The summed E-state index contributed by atoms with van der Waals surface area (Å²) in [6.45, 7) is 4.59. The molecule has 1 amide bonds. The van der Waals surface area contributed by atoms with Gasteiger partial charge in [0.25, 0.3) is 12.4 Å². The van der Waals surface area contributed by atoms with Crippen LogP contribution in [0.25, 0.3) is 0 Å². The Balaban J connectivity index is 1.70. The fourth-order valence-corrected chi connectivity index (χ4v) is 6.00. The third-order valence-electron chi connectivity index (χ3n) is 6.66. The minimum Gasteiger partial charge on any atom is -0.488 e. The van der Waals surface area contributed by atoms with Gasteiger partial charge in [-0.3, -0.25) is 9.59 Å². The van der Waals surface area contributed by atoms with Crippen LogP contribution in [0.15, 0.2) is 63.9 Å². The van der Waals surface area contributed by atoms with Crippen molar-refractivity contribution in [3.8, 4) is 5.75 Å². The number of benzene rings is 2. The van der Waals surface area contributed by atoms with Crippen molar-refractivity contribution in [1.82, 2.24) is 9.21 Å². The summed E-state index contributed by atoms with van der Waals surface area (Å²) >= 11 is 0. The van der Waals surface area contributed by atoms with Crippen LogP contribution in [0.1, 0.15) is 52.3 Å². The standard InChI is InChI=1S/C28H32N2O7S/c1-5-22-16-30(38(33,34)27-9-7-6-8-25(27)36-22)15-21-14-20(11-10-19(21)2)23(17-35-18-31)24-12-13-26(37-24)28(32)29(3)4/h6-14,18,22-23H,5,15-17H2,1-4H3/t22-,23?/m1/s1. The molecule has 2 aromatic carbocycles. The molecule has 2 heterocycles. The minimum absolute atomic E-state index is 0.00372. The maximum atomic E-state index is 13.6. The van der Waals surface area contributed by atoms with E-state index >= 15 is 0 Å². The Bertz CT molecular complexity index is 1410. The van der Waals surface area contributed by atoms with Gasteiger partial charge in [0, 0.05) is 20.6 Å². The topological polar surface area (TPSA) is 106 Å². The summed E-state index contributed by atoms with van der Waals surface area (Å²) in [5, 5.41) is 0. The molecular weight excluding hydrogens is 508 g/mol. The van der Waals surface area contributed by atoms with E-state index in [1.807, 2.05) is 32.0 Å². The second-order valence-corrected chi connectivity index (χ2v) is 11.4. The molecule has 0 saturated carbocycles. The number of furan rings is 1. The third kappa shape index (κ3) is 5.61. The van der Waals surface area contributed by atoms with Crippen LogP contribution < -0.4 is 4.74 Å². The Morgan fingerprint density at radius 3 is 2.66 bits per heavy atom. The zero-order valence-corrected chi connectivity index (χ0v) is 22.7. The van der Waals surface area contributed by atoms with E-state index in [1.54, 1.807) is 50.5 Å². The van der Waals surface area contributed by atoms with Crippen LogP contribution in [0.2, 0.25) is 0 Å². The van der Waals surface area contributed by atoms with Gasteiger partial charge in [-0.15, -0.1) is 0 Å². The van der Waals surface area contributed by atoms with E-state index in [-0.39, 0.29) is 42.4 Å². The molecule has 202 valence electrons. The molecule has 0 spiro atoms. The second-order valence-electron chi connectivity index (χ2n) is 9.46. The molecule has 38 heavy (non-hydrogen) atoms. The van der Waals surface area contributed by atoms with E-state index < -0.39 is 15.9 Å². The van der Waals surface area contributed by atoms with E-state index in [2.05, 4.69) is 0 Å². The summed E-state index contributed by atoms with van der Waals surface area (Å²) in [6.07, 6.45) is 0.359. The van der Waals surface area contributed by atoms with E-state index in [0.717, 1.165) is 16.7 Å². The molecule has 0 saturated heterocycles. The van der Waals surface area contributed by atoms with Crippen LogP contribution in [0, 0.1) is 6.92 Å². The Morgan fingerprint density at radius 2 is 1.95 bits per heavy atom. The summed E-state index contributed by atoms with van der Waals surface area (Å²) in [7, 11) is -0.550. The van der Waals surface area contributed by atoms with Crippen LogP contribution in [-0.4, -0.2) is 63.4 Å².